The summed E-state index contributed by atoms with van der Waals surface area (Å²) in [6, 6.07) is 3.97. The van der Waals surface area contributed by atoms with Crippen LogP contribution in [0, 0.1) is 5.41 Å². The molecule has 104 valence electrons. The molecule has 0 unspecified atom stereocenters. The Morgan fingerprint density at radius 3 is 2.53 bits per heavy atom. The molecule has 0 radical (unpaired) electrons. The second-order valence-corrected chi connectivity index (χ2v) is 5.87. The third-order valence-electron chi connectivity index (χ3n) is 4.53. The number of anilines is 2. The van der Waals surface area contributed by atoms with Gasteiger partial charge < -0.3 is 15.4 Å². The number of methoxy groups -OCH3 is 1. The fourth-order valence-corrected chi connectivity index (χ4v) is 3.28. The first kappa shape index (κ1) is 12.6. The van der Waals surface area contributed by atoms with E-state index in [4.69, 9.17) is 4.74 Å². The lowest BCUT2D eigenvalue weighted by Gasteiger charge is -2.31. The van der Waals surface area contributed by atoms with Crippen molar-refractivity contribution in [2.24, 2.45) is 5.41 Å². The third kappa shape index (κ3) is 2.62. The van der Waals surface area contributed by atoms with Crippen LogP contribution in [0.25, 0.3) is 0 Å². The first-order chi connectivity index (χ1) is 9.31. The summed E-state index contributed by atoms with van der Waals surface area (Å²) in [5.74, 6) is 1.60. The maximum Gasteiger partial charge on any atom is 0.215 e. The van der Waals surface area contributed by atoms with Gasteiger partial charge in [0.05, 0.1) is 12.8 Å². The Labute approximate surface area is 115 Å². The van der Waals surface area contributed by atoms with Crippen LogP contribution in [-0.2, 0) is 0 Å². The summed E-state index contributed by atoms with van der Waals surface area (Å²) < 4.78 is 5.20. The Hall–Kier alpha value is -1.45. The first-order valence-corrected chi connectivity index (χ1v) is 7.34. The minimum atomic E-state index is 0.393. The Morgan fingerprint density at radius 2 is 1.79 bits per heavy atom. The summed E-state index contributed by atoms with van der Waals surface area (Å²) in [7, 11) is 1.66. The highest BCUT2D eigenvalue weighted by Crippen LogP contribution is 2.38. The summed E-state index contributed by atoms with van der Waals surface area (Å²) in [4.78, 5) is 4.50. The van der Waals surface area contributed by atoms with Crippen molar-refractivity contribution in [3.63, 3.8) is 0 Å². The number of hydrogen-bond acceptors (Lipinski definition) is 4. The number of hydrogen-bond donors (Lipinski definition) is 2. The highest BCUT2D eigenvalue weighted by atomic mass is 16.5. The molecular weight excluding hydrogens is 238 g/mol. The second kappa shape index (κ2) is 5.27. The van der Waals surface area contributed by atoms with Crippen LogP contribution in [-0.4, -0.2) is 25.2 Å². The lowest BCUT2D eigenvalue weighted by molar-refractivity contribution is 0.286. The molecule has 4 heteroatoms. The summed E-state index contributed by atoms with van der Waals surface area (Å²) in [6.07, 6.45) is 8.13. The second-order valence-electron chi connectivity index (χ2n) is 5.87. The van der Waals surface area contributed by atoms with Gasteiger partial charge in [0.15, 0.2) is 5.82 Å². The molecule has 0 saturated heterocycles. The molecule has 1 saturated carbocycles. The zero-order chi connectivity index (χ0) is 13.1. The summed E-state index contributed by atoms with van der Waals surface area (Å²) >= 11 is 0. The molecule has 1 fully saturated rings. The number of rotatable bonds is 1. The van der Waals surface area contributed by atoms with Crippen molar-refractivity contribution in [3.05, 3.63) is 12.1 Å². The summed E-state index contributed by atoms with van der Waals surface area (Å²) in [5, 5.41) is 7.12. The van der Waals surface area contributed by atoms with E-state index in [0.717, 1.165) is 24.6 Å². The van der Waals surface area contributed by atoms with E-state index < -0.39 is 0 Å². The van der Waals surface area contributed by atoms with Crippen molar-refractivity contribution < 1.29 is 4.74 Å². The molecule has 1 aromatic rings. The zero-order valence-electron chi connectivity index (χ0n) is 11.7. The van der Waals surface area contributed by atoms with Crippen LogP contribution in [0.3, 0.4) is 0 Å². The maximum atomic E-state index is 5.20. The van der Waals surface area contributed by atoms with E-state index in [0.29, 0.717) is 11.3 Å². The van der Waals surface area contributed by atoms with E-state index >= 15 is 0 Å². The molecule has 1 aliphatic heterocycles. The molecule has 19 heavy (non-hydrogen) atoms. The van der Waals surface area contributed by atoms with E-state index in [-0.39, 0.29) is 0 Å². The van der Waals surface area contributed by atoms with Gasteiger partial charge in [-0.05, 0) is 18.9 Å². The zero-order valence-corrected chi connectivity index (χ0v) is 11.7. The topological polar surface area (TPSA) is 46.2 Å². The number of nitrogens with zero attached hydrogens (tertiary/aromatic N) is 1. The van der Waals surface area contributed by atoms with Crippen LogP contribution in [0.1, 0.15) is 38.5 Å². The van der Waals surface area contributed by atoms with Crippen LogP contribution in [0.5, 0.6) is 5.88 Å². The highest BCUT2D eigenvalue weighted by molar-refractivity contribution is 5.66. The van der Waals surface area contributed by atoms with Gasteiger partial charge >= 0.3 is 0 Å². The number of ether oxygens (including phenoxy) is 1. The van der Waals surface area contributed by atoms with Gasteiger partial charge in [-0.15, -0.1) is 0 Å². The van der Waals surface area contributed by atoms with E-state index in [1.807, 2.05) is 6.07 Å². The molecule has 2 N–H and O–H groups in total. The van der Waals surface area contributed by atoms with Crippen LogP contribution >= 0.6 is 0 Å². The van der Waals surface area contributed by atoms with Gasteiger partial charge in [0, 0.05) is 24.6 Å². The van der Waals surface area contributed by atoms with Crippen LogP contribution in [0.15, 0.2) is 12.1 Å². The van der Waals surface area contributed by atoms with Crippen LogP contribution in [0.4, 0.5) is 11.5 Å². The van der Waals surface area contributed by atoms with Crippen molar-refractivity contribution >= 4 is 11.5 Å². The summed E-state index contributed by atoms with van der Waals surface area (Å²) in [6.45, 7) is 2.08. The molecule has 1 aromatic heterocycles. The van der Waals surface area contributed by atoms with Gasteiger partial charge in [0.2, 0.25) is 5.88 Å². The van der Waals surface area contributed by atoms with E-state index in [9.17, 15) is 0 Å². The number of fused-ring (bicyclic) bond motifs is 1. The molecule has 4 nitrogen and oxygen atoms in total. The fourth-order valence-electron chi connectivity index (χ4n) is 3.28. The van der Waals surface area contributed by atoms with Crippen molar-refractivity contribution in [1.82, 2.24) is 4.98 Å². The Kier molecular flexibility index (Phi) is 3.49. The summed E-state index contributed by atoms with van der Waals surface area (Å²) in [5.41, 5.74) is 1.49. The van der Waals surface area contributed by atoms with Gasteiger partial charge in [0.25, 0.3) is 0 Å². The lowest BCUT2D eigenvalue weighted by atomic mass is 9.80. The van der Waals surface area contributed by atoms with Gasteiger partial charge in [-0.2, -0.15) is 4.98 Å². The smallest absolute Gasteiger partial charge is 0.215 e. The van der Waals surface area contributed by atoms with Crippen LogP contribution in [0.2, 0.25) is 0 Å². The molecule has 0 aromatic carbocycles. The largest absolute Gasteiger partial charge is 0.481 e. The minimum Gasteiger partial charge on any atom is -0.481 e. The molecule has 2 heterocycles. The van der Waals surface area contributed by atoms with Crippen molar-refractivity contribution in [1.29, 1.82) is 0 Å². The average molecular weight is 261 g/mol. The number of nitrogens with one attached hydrogen (secondary N) is 2. The molecule has 0 atom stereocenters. The molecule has 0 amide bonds. The van der Waals surface area contributed by atoms with E-state index in [1.54, 1.807) is 7.11 Å². The fraction of sp³-hybridized carbons (Fsp3) is 0.667. The van der Waals surface area contributed by atoms with Crippen molar-refractivity contribution in [2.45, 2.75) is 38.5 Å². The first-order valence-electron chi connectivity index (χ1n) is 7.34. The Bertz CT molecular complexity index is 439. The molecule has 1 aliphatic carbocycles. The predicted molar refractivity (Wildman–Crippen MR) is 77.9 cm³/mol. The van der Waals surface area contributed by atoms with E-state index in [2.05, 4.69) is 21.7 Å². The molecule has 1 spiro atoms. The number of aromatic nitrogens is 1. The van der Waals surface area contributed by atoms with Crippen LogP contribution < -0.4 is 15.4 Å². The quantitative estimate of drug-likeness (QED) is 0.814. The molecule has 3 rings (SSSR count). The van der Waals surface area contributed by atoms with Gasteiger partial charge in [-0.25, -0.2) is 0 Å². The predicted octanol–water partition coefficient (Wildman–Crippen LogP) is 3.27. The SMILES string of the molecule is COc1ccc2c(n1)NCC1(CCCCCC1)CN2. The Morgan fingerprint density at radius 1 is 1.05 bits per heavy atom. The van der Waals surface area contributed by atoms with Crippen molar-refractivity contribution in [3.8, 4) is 5.88 Å². The van der Waals surface area contributed by atoms with Gasteiger partial charge in [-0.3, -0.25) is 0 Å². The normalized spacial score (nSPS) is 21.5. The van der Waals surface area contributed by atoms with Gasteiger partial charge in [-0.1, -0.05) is 25.7 Å². The van der Waals surface area contributed by atoms with Crippen molar-refractivity contribution in [2.75, 3.05) is 30.8 Å². The third-order valence-corrected chi connectivity index (χ3v) is 4.53. The van der Waals surface area contributed by atoms with E-state index in [1.165, 1.54) is 38.5 Å². The lowest BCUT2D eigenvalue weighted by Crippen LogP contribution is -2.34. The maximum absolute atomic E-state index is 5.20. The average Bonchev–Trinajstić information content (AvgIpc) is 2.78. The van der Waals surface area contributed by atoms with Gasteiger partial charge in [0.1, 0.15) is 0 Å². The molecule has 2 aliphatic rings. The molecular formula is C15H23N3O. The Balaban J connectivity index is 1.79. The number of pyridine rings is 1. The molecule has 0 bridgehead atoms. The minimum absolute atomic E-state index is 0.393. The standard InChI is InChI=1S/C15H23N3O/c1-19-13-7-6-12-14(18-13)17-11-15(10-16-12)8-4-2-3-5-9-15/h6-7,16H,2-5,8-11H2,1H3,(H,17,18). The monoisotopic (exact) mass is 261 g/mol. The highest BCUT2D eigenvalue weighted by Gasteiger charge is 2.33.